The van der Waals surface area contributed by atoms with E-state index in [1.165, 1.54) is 23.5 Å². The molecule has 2 N–H and O–H groups in total. The highest BCUT2D eigenvalue weighted by atomic mass is 35.5. The van der Waals surface area contributed by atoms with Gasteiger partial charge in [0.05, 0.1) is 9.90 Å². The van der Waals surface area contributed by atoms with E-state index in [1.54, 1.807) is 31.4 Å². The predicted molar refractivity (Wildman–Crippen MR) is 101 cm³/mol. The number of nitrogens with one attached hydrogen (secondary N) is 2. The first-order valence-electron chi connectivity index (χ1n) is 8.04. The van der Waals surface area contributed by atoms with Crippen LogP contribution in [-0.4, -0.2) is 30.4 Å². The predicted octanol–water partition coefficient (Wildman–Crippen LogP) is 3.48. The number of rotatable bonds is 7. The number of hydrogen-bond acceptors (Lipinski definition) is 5. The molecular weight excluding hydrogens is 395 g/mol. The van der Waals surface area contributed by atoms with Gasteiger partial charge in [0.2, 0.25) is 0 Å². The quantitative estimate of drug-likeness (QED) is 0.682. The smallest absolute Gasteiger partial charge is 0.329 e. The van der Waals surface area contributed by atoms with E-state index in [9.17, 15) is 18.8 Å². The molecule has 0 aliphatic carbocycles. The number of thiophene rings is 1. The van der Waals surface area contributed by atoms with E-state index in [2.05, 4.69) is 10.6 Å². The van der Waals surface area contributed by atoms with E-state index in [0.717, 1.165) is 6.07 Å². The van der Waals surface area contributed by atoms with Crippen LogP contribution in [0.2, 0.25) is 5.02 Å². The Morgan fingerprint density at radius 3 is 2.59 bits per heavy atom. The molecule has 0 saturated heterocycles. The highest BCUT2D eigenvalue weighted by molar-refractivity contribution is 7.12. The maximum atomic E-state index is 13.1. The highest BCUT2D eigenvalue weighted by Crippen LogP contribution is 2.19. The normalized spacial score (nSPS) is 11.7. The van der Waals surface area contributed by atoms with Gasteiger partial charge in [0.25, 0.3) is 11.8 Å². The maximum absolute atomic E-state index is 13.1. The number of ether oxygens (including phenoxy) is 1. The summed E-state index contributed by atoms with van der Waals surface area (Å²) in [5, 5.41) is 6.67. The molecule has 2 amide bonds. The van der Waals surface area contributed by atoms with Gasteiger partial charge >= 0.3 is 5.97 Å². The number of halogens is 2. The molecule has 0 spiro atoms. The first-order chi connectivity index (χ1) is 12.8. The lowest BCUT2D eigenvalue weighted by Crippen LogP contribution is -2.45. The van der Waals surface area contributed by atoms with Gasteiger partial charge in [0.1, 0.15) is 11.9 Å². The number of carbonyl (C=O) groups is 3. The van der Waals surface area contributed by atoms with E-state index < -0.39 is 30.3 Å². The van der Waals surface area contributed by atoms with Crippen molar-refractivity contribution < 1.29 is 23.5 Å². The Bertz CT molecular complexity index is 827. The van der Waals surface area contributed by atoms with Gasteiger partial charge in [-0.3, -0.25) is 9.59 Å². The molecule has 2 rings (SSSR count). The standard InChI is InChI=1S/C18H18ClFN2O4S/c1-10(2)16(22-17(24)14-4-3-7-27-14)18(25)26-9-15(23)21-11-5-6-13(20)12(19)8-11/h3-8,10,16H,9H2,1-2H3,(H,21,23)(H,22,24)/t16-/m0/s1. The zero-order chi connectivity index (χ0) is 20.0. The first kappa shape index (κ1) is 20.9. The molecule has 1 heterocycles. The van der Waals surface area contributed by atoms with Gasteiger partial charge in [0.15, 0.2) is 6.61 Å². The summed E-state index contributed by atoms with van der Waals surface area (Å²) in [4.78, 5) is 36.8. The van der Waals surface area contributed by atoms with Crippen molar-refractivity contribution in [2.24, 2.45) is 5.92 Å². The minimum absolute atomic E-state index is 0.138. The van der Waals surface area contributed by atoms with Gasteiger partial charge in [-0.05, 0) is 35.6 Å². The van der Waals surface area contributed by atoms with Crippen LogP contribution < -0.4 is 10.6 Å². The summed E-state index contributed by atoms with van der Waals surface area (Å²) in [7, 11) is 0. The van der Waals surface area contributed by atoms with Crippen molar-refractivity contribution in [1.82, 2.24) is 5.32 Å². The van der Waals surface area contributed by atoms with Crippen molar-refractivity contribution in [3.8, 4) is 0 Å². The number of benzene rings is 1. The molecule has 1 atom stereocenters. The van der Waals surface area contributed by atoms with E-state index in [-0.39, 0.29) is 22.5 Å². The van der Waals surface area contributed by atoms with E-state index >= 15 is 0 Å². The summed E-state index contributed by atoms with van der Waals surface area (Å²) in [6.07, 6.45) is 0. The van der Waals surface area contributed by atoms with Crippen LogP contribution in [0.15, 0.2) is 35.7 Å². The average molecular weight is 413 g/mol. The molecule has 0 unspecified atom stereocenters. The first-order valence-corrected chi connectivity index (χ1v) is 9.29. The van der Waals surface area contributed by atoms with Crippen LogP contribution in [0.25, 0.3) is 0 Å². The van der Waals surface area contributed by atoms with Crippen molar-refractivity contribution in [2.75, 3.05) is 11.9 Å². The van der Waals surface area contributed by atoms with Crippen LogP contribution in [-0.2, 0) is 14.3 Å². The number of anilines is 1. The van der Waals surface area contributed by atoms with Crippen LogP contribution in [0.1, 0.15) is 23.5 Å². The Balaban J connectivity index is 1.89. The summed E-state index contributed by atoms with van der Waals surface area (Å²) >= 11 is 6.89. The number of amides is 2. The molecule has 0 aliphatic heterocycles. The van der Waals surface area contributed by atoms with Gasteiger partial charge in [-0.25, -0.2) is 9.18 Å². The lowest BCUT2D eigenvalue weighted by atomic mass is 10.0. The molecule has 1 aromatic carbocycles. The molecule has 144 valence electrons. The lowest BCUT2D eigenvalue weighted by Gasteiger charge is -2.20. The summed E-state index contributed by atoms with van der Waals surface area (Å²) in [6.45, 7) is 2.95. The Morgan fingerprint density at radius 2 is 2.00 bits per heavy atom. The molecule has 0 fully saturated rings. The molecule has 27 heavy (non-hydrogen) atoms. The molecule has 0 saturated carbocycles. The fourth-order valence-corrected chi connectivity index (χ4v) is 2.92. The number of esters is 1. The van der Waals surface area contributed by atoms with Gasteiger partial charge in [-0.1, -0.05) is 31.5 Å². The van der Waals surface area contributed by atoms with E-state index in [0.29, 0.717) is 4.88 Å². The third kappa shape index (κ3) is 6.04. The van der Waals surface area contributed by atoms with Crippen molar-refractivity contribution in [3.05, 3.63) is 51.4 Å². The third-order valence-electron chi connectivity index (χ3n) is 3.50. The Kier molecular flexibility index (Phi) is 7.32. The van der Waals surface area contributed by atoms with Crippen LogP contribution in [0.3, 0.4) is 0 Å². The lowest BCUT2D eigenvalue weighted by molar-refractivity contribution is -0.150. The molecule has 9 heteroatoms. The summed E-state index contributed by atoms with van der Waals surface area (Å²) in [5.74, 6) is -2.56. The molecule has 0 aliphatic rings. The van der Waals surface area contributed by atoms with Gasteiger partial charge in [-0.15, -0.1) is 11.3 Å². The van der Waals surface area contributed by atoms with Crippen molar-refractivity contribution >= 4 is 46.4 Å². The van der Waals surface area contributed by atoms with Crippen molar-refractivity contribution in [2.45, 2.75) is 19.9 Å². The van der Waals surface area contributed by atoms with Crippen molar-refractivity contribution in [3.63, 3.8) is 0 Å². The fraction of sp³-hybridized carbons (Fsp3) is 0.278. The molecule has 0 bridgehead atoms. The topological polar surface area (TPSA) is 84.5 Å². The Hall–Kier alpha value is -2.45. The minimum atomic E-state index is -0.896. The second-order valence-electron chi connectivity index (χ2n) is 5.96. The minimum Gasteiger partial charge on any atom is -0.454 e. The van der Waals surface area contributed by atoms with Crippen LogP contribution in [0.5, 0.6) is 0 Å². The van der Waals surface area contributed by atoms with Crippen LogP contribution in [0, 0.1) is 11.7 Å². The average Bonchev–Trinajstić information content (AvgIpc) is 3.15. The van der Waals surface area contributed by atoms with Gasteiger partial charge in [-0.2, -0.15) is 0 Å². The van der Waals surface area contributed by atoms with Gasteiger partial charge in [0, 0.05) is 5.69 Å². The molecule has 2 aromatic rings. The Morgan fingerprint density at radius 1 is 1.26 bits per heavy atom. The fourth-order valence-electron chi connectivity index (χ4n) is 2.12. The second kappa shape index (κ2) is 9.48. The van der Waals surface area contributed by atoms with E-state index in [1.807, 2.05) is 0 Å². The number of hydrogen-bond donors (Lipinski definition) is 2. The number of carbonyl (C=O) groups excluding carboxylic acids is 3. The second-order valence-corrected chi connectivity index (χ2v) is 7.31. The molecule has 1 aromatic heterocycles. The van der Waals surface area contributed by atoms with Crippen LogP contribution >= 0.6 is 22.9 Å². The molecular formula is C18H18ClFN2O4S. The Labute approximate surface area is 164 Å². The maximum Gasteiger partial charge on any atom is 0.329 e. The molecule has 6 nitrogen and oxygen atoms in total. The van der Waals surface area contributed by atoms with Crippen molar-refractivity contribution in [1.29, 1.82) is 0 Å². The summed E-state index contributed by atoms with van der Waals surface area (Å²) < 4.78 is 18.1. The summed E-state index contributed by atoms with van der Waals surface area (Å²) in [5.41, 5.74) is 0.272. The molecule has 0 radical (unpaired) electrons. The highest BCUT2D eigenvalue weighted by Gasteiger charge is 2.27. The zero-order valence-corrected chi connectivity index (χ0v) is 16.2. The third-order valence-corrected chi connectivity index (χ3v) is 4.66. The zero-order valence-electron chi connectivity index (χ0n) is 14.6. The van der Waals surface area contributed by atoms with Gasteiger partial charge < -0.3 is 15.4 Å². The van der Waals surface area contributed by atoms with Crippen LogP contribution in [0.4, 0.5) is 10.1 Å². The summed E-state index contributed by atoms with van der Waals surface area (Å²) in [6, 6.07) is 6.16. The monoisotopic (exact) mass is 412 g/mol. The SMILES string of the molecule is CC(C)[C@H](NC(=O)c1cccs1)C(=O)OCC(=O)Nc1ccc(F)c(Cl)c1. The van der Waals surface area contributed by atoms with E-state index in [4.69, 9.17) is 16.3 Å². The largest absolute Gasteiger partial charge is 0.454 e.